The maximum Gasteiger partial charge on any atom is 0.251 e. The molecule has 3 N–H and O–H groups in total. The lowest BCUT2D eigenvalue weighted by Gasteiger charge is -2.16. The van der Waals surface area contributed by atoms with Crippen LogP contribution in [-0.2, 0) is 0 Å². The van der Waals surface area contributed by atoms with E-state index in [4.69, 9.17) is 5.73 Å². The van der Waals surface area contributed by atoms with Gasteiger partial charge in [-0.15, -0.1) is 0 Å². The summed E-state index contributed by atoms with van der Waals surface area (Å²) in [6.07, 6.45) is 2.63. The van der Waals surface area contributed by atoms with Crippen molar-refractivity contribution in [3.8, 4) is 0 Å². The van der Waals surface area contributed by atoms with E-state index in [0.717, 1.165) is 19.3 Å². The summed E-state index contributed by atoms with van der Waals surface area (Å²) in [5.41, 5.74) is 5.25. The highest BCUT2D eigenvalue weighted by Gasteiger charge is 2.16. The first kappa shape index (κ1) is 16.5. The van der Waals surface area contributed by atoms with E-state index < -0.39 is 23.4 Å². The van der Waals surface area contributed by atoms with E-state index in [0.29, 0.717) is 25.2 Å². The molecule has 1 atom stereocenters. The molecule has 112 valence electrons. The largest absolute Gasteiger partial charge is 0.352 e. The lowest BCUT2D eigenvalue weighted by Crippen LogP contribution is -2.30. The van der Waals surface area contributed by atoms with Crippen molar-refractivity contribution < 1.29 is 18.0 Å². The van der Waals surface area contributed by atoms with Crippen LogP contribution in [0.3, 0.4) is 0 Å². The first-order valence-corrected chi connectivity index (χ1v) is 6.62. The highest BCUT2D eigenvalue weighted by molar-refractivity contribution is 5.94. The van der Waals surface area contributed by atoms with Crippen LogP contribution in [0.15, 0.2) is 12.1 Å². The Balaban J connectivity index is 2.66. The van der Waals surface area contributed by atoms with Crippen molar-refractivity contribution in [3.05, 3.63) is 35.1 Å². The van der Waals surface area contributed by atoms with Gasteiger partial charge in [0.05, 0.1) is 0 Å². The minimum Gasteiger partial charge on any atom is -0.352 e. The molecule has 1 unspecified atom stereocenters. The maximum absolute atomic E-state index is 13.0. The average Bonchev–Trinajstić information content (AvgIpc) is 2.41. The Labute approximate surface area is 116 Å². The van der Waals surface area contributed by atoms with Crippen LogP contribution < -0.4 is 11.1 Å². The fourth-order valence-corrected chi connectivity index (χ4v) is 2.02. The first-order chi connectivity index (χ1) is 9.49. The zero-order valence-corrected chi connectivity index (χ0v) is 11.4. The van der Waals surface area contributed by atoms with Crippen molar-refractivity contribution in [2.45, 2.75) is 26.2 Å². The molecule has 0 aromatic heterocycles. The molecule has 1 aromatic carbocycles. The maximum atomic E-state index is 13.0. The van der Waals surface area contributed by atoms with Crippen molar-refractivity contribution >= 4 is 5.91 Å². The highest BCUT2D eigenvalue weighted by atomic mass is 19.2. The lowest BCUT2D eigenvalue weighted by atomic mass is 10.00. The van der Waals surface area contributed by atoms with Gasteiger partial charge in [0.15, 0.2) is 17.5 Å². The van der Waals surface area contributed by atoms with Crippen molar-refractivity contribution in [2.24, 2.45) is 11.7 Å². The second kappa shape index (κ2) is 7.89. The van der Waals surface area contributed by atoms with E-state index >= 15 is 0 Å². The van der Waals surface area contributed by atoms with Crippen LogP contribution >= 0.6 is 0 Å². The van der Waals surface area contributed by atoms with E-state index in [1.807, 2.05) is 6.92 Å². The number of amides is 1. The number of rotatable bonds is 7. The fourth-order valence-electron chi connectivity index (χ4n) is 2.02. The molecule has 0 heterocycles. The molecule has 0 saturated carbocycles. The number of nitrogens with one attached hydrogen (secondary N) is 1. The van der Waals surface area contributed by atoms with Crippen LogP contribution in [-0.4, -0.2) is 19.0 Å². The lowest BCUT2D eigenvalue weighted by molar-refractivity contribution is 0.0944. The van der Waals surface area contributed by atoms with Gasteiger partial charge in [-0.3, -0.25) is 4.79 Å². The molecule has 0 bridgehead atoms. The zero-order valence-electron chi connectivity index (χ0n) is 11.4. The van der Waals surface area contributed by atoms with Gasteiger partial charge in [-0.05, 0) is 37.4 Å². The summed E-state index contributed by atoms with van der Waals surface area (Å²) in [7, 11) is 0. The van der Waals surface area contributed by atoms with E-state index in [1.165, 1.54) is 0 Å². The molecule has 1 rings (SSSR count). The van der Waals surface area contributed by atoms with Gasteiger partial charge in [-0.25, -0.2) is 13.2 Å². The molecule has 0 radical (unpaired) electrons. The van der Waals surface area contributed by atoms with Gasteiger partial charge in [-0.1, -0.05) is 13.3 Å². The predicted molar refractivity (Wildman–Crippen MR) is 70.7 cm³/mol. The number of hydrogen-bond donors (Lipinski definition) is 2. The quantitative estimate of drug-likeness (QED) is 0.758. The molecule has 1 aromatic rings. The molecule has 0 aliphatic heterocycles. The van der Waals surface area contributed by atoms with Gasteiger partial charge in [0.1, 0.15) is 0 Å². The molecular formula is C14H19F3N2O. The number of nitrogens with two attached hydrogens (primary N) is 1. The first-order valence-electron chi connectivity index (χ1n) is 6.62. The third-order valence-corrected chi connectivity index (χ3v) is 3.07. The van der Waals surface area contributed by atoms with Gasteiger partial charge in [0.2, 0.25) is 0 Å². The zero-order chi connectivity index (χ0) is 15.1. The van der Waals surface area contributed by atoms with Crippen LogP contribution in [0.5, 0.6) is 0 Å². The van der Waals surface area contributed by atoms with E-state index in [9.17, 15) is 18.0 Å². The molecular weight excluding hydrogens is 269 g/mol. The molecule has 1 amide bonds. The summed E-state index contributed by atoms with van der Waals surface area (Å²) in [4.78, 5) is 11.8. The van der Waals surface area contributed by atoms with Crippen LogP contribution in [0, 0.1) is 23.4 Å². The summed E-state index contributed by atoms with van der Waals surface area (Å²) in [6.45, 7) is 2.92. The summed E-state index contributed by atoms with van der Waals surface area (Å²) in [6, 6.07) is 1.37. The Morgan fingerprint density at radius 1 is 1.25 bits per heavy atom. The molecule has 0 aliphatic rings. The number of carbonyl (C=O) groups is 1. The SMILES string of the molecule is CCCC(CCN)CNC(=O)c1cc(F)c(F)c(F)c1. The summed E-state index contributed by atoms with van der Waals surface area (Å²) >= 11 is 0. The van der Waals surface area contributed by atoms with E-state index in [-0.39, 0.29) is 11.5 Å². The van der Waals surface area contributed by atoms with Crippen molar-refractivity contribution in [3.63, 3.8) is 0 Å². The Bertz CT molecular complexity index is 437. The number of hydrogen-bond acceptors (Lipinski definition) is 2. The van der Waals surface area contributed by atoms with Crippen LogP contribution in [0.4, 0.5) is 13.2 Å². The highest BCUT2D eigenvalue weighted by Crippen LogP contribution is 2.14. The third kappa shape index (κ3) is 4.52. The van der Waals surface area contributed by atoms with Gasteiger partial charge < -0.3 is 11.1 Å². The van der Waals surface area contributed by atoms with Crippen molar-refractivity contribution in [1.29, 1.82) is 0 Å². The second-order valence-electron chi connectivity index (χ2n) is 4.70. The van der Waals surface area contributed by atoms with Gasteiger partial charge in [0, 0.05) is 12.1 Å². The molecule has 0 spiro atoms. The van der Waals surface area contributed by atoms with Crippen LogP contribution in [0.2, 0.25) is 0 Å². The van der Waals surface area contributed by atoms with Crippen LogP contribution in [0.1, 0.15) is 36.5 Å². The van der Waals surface area contributed by atoms with Gasteiger partial charge in [0.25, 0.3) is 5.91 Å². The smallest absolute Gasteiger partial charge is 0.251 e. The minimum absolute atomic E-state index is 0.226. The summed E-state index contributed by atoms with van der Waals surface area (Å²) in [5.74, 6) is -4.72. The standard InChI is InChI=1S/C14H19F3N2O/c1-2-3-9(4-5-18)8-19-14(20)10-6-11(15)13(17)12(16)7-10/h6-7,9H,2-5,8,18H2,1H3,(H,19,20). The van der Waals surface area contributed by atoms with E-state index in [1.54, 1.807) is 0 Å². The summed E-state index contributed by atoms with van der Waals surface area (Å²) in [5, 5.41) is 2.59. The predicted octanol–water partition coefficient (Wildman–Crippen LogP) is 2.60. The minimum atomic E-state index is -1.58. The number of carbonyl (C=O) groups excluding carboxylic acids is 1. The van der Waals surface area contributed by atoms with Crippen molar-refractivity contribution in [2.75, 3.05) is 13.1 Å². The fraction of sp³-hybridized carbons (Fsp3) is 0.500. The Morgan fingerprint density at radius 3 is 2.35 bits per heavy atom. The molecule has 3 nitrogen and oxygen atoms in total. The Hall–Kier alpha value is -1.56. The molecule has 6 heteroatoms. The Morgan fingerprint density at radius 2 is 1.85 bits per heavy atom. The second-order valence-corrected chi connectivity index (χ2v) is 4.70. The van der Waals surface area contributed by atoms with Crippen molar-refractivity contribution in [1.82, 2.24) is 5.32 Å². The average molecular weight is 288 g/mol. The monoisotopic (exact) mass is 288 g/mol. The number of benzene rings is 1. The molecule has 20 heavy (non-hydrogen) atoms. The van der Waals surface area contributed by atoms with Crippen LogP contribution in [0.25, 0.3) is 0 Å². The number of halogens is 3. The normalized spacial score (nSPS) is 12.2. The Kier molecular flexibility index (Phi) is 6.51. The molecule has 0 saturated heterocycles. The van der Waals surface area contributed by atoms with Gasteiger partial charge in [-0.2, -0.15) is 0 Å². The molecule has 0 fully saturated rings. The summed E-state index contributed by atoms with van der Waals surface area (Å²) < 4.78 is 38.9. The topological polar surface area (TPSA) is 55.1 Å². The third-order valence-electron chi connectivity index (χ3n) is 3.07. The molecule has 0 aliphatic carbocycles. The van der Waals surface area contributed by atoms with Gasteiger partial charge >= 0.3 is 0 Å². The van der Waals surface area contributed by atoms with E-state index in [2.05, 4.69) is 5.32 Å².